The van der Waals surface area contributed by atoms with Crippen molar-refractivity contribution in [2.24, 2.45) is 0 Å². The van der Waals surface area contributed by atoms with Crippen LogP contribution in [0.3, 0.4) is 0 Å². The van der Waals surface area contributed by atoms with Gasteiger partial charge in [0.15, 0.2) is 0 Å². The third-order valence-corrected chi connectivity index (χ3v) is 3.74. The molecule has 0 aliphatic heterocycles. The zero-order valence-corrected chi connectivity index (χ0v) is 13.5. The second-order valence-electron chi connectivity index (χ2n) is 5.08. The van der Waals surface area contributed by atoms with Gasteiger partial charge >= 0.3 is 0 Å². The Morgan fingerprint density at radius 1 is 1.00 bits per heavy atom. The largest absolute Gasteiger partial charge is 0.350 e. The number of imidazole rings is 1. The topological polar surface area (TPSA) is 75.5 Å². The average Bonchev–Trinajstić information content (AvgIpc) is 3.03. The highest BCUT2D eigenvalue weighted by molar-refractivity contribution is 6.33. The summed E-state index contributed by atoms with van der Waals surface area (Å²) in [6, 6.07) is 12.3. The van der Waals surface area contributed by atoms with E-state index < -0.39 is 0 Å². The van der Waals surface area contributed by atoms with E-state index in [-0.39, 0.29) is 11.8 Å². The molecule has 0 spiro atoms. The number of benzene rings is 1. The molecule has 2 amide bonds. The fraction of sp³-hybridized carbons (Fsp3) is 0.118. The standard InChI is InChI=1S/C17H15ClN4O2/c18-13-6-2-1-5-12(13)16(23)19-8-9-20-17(24)14-11-22-10-4-3-7-15(22)21-14/h1-7,10-11H,8-9H2,(H,19,23)(H,20,24). The number of rotatable bonds is 5. The Kier molecular flexibility index (Phi) is 4.77. The van der Waals surface area contributed by atoms with E-state index in [1.807, 2.05) is 24.4 Å². The second-order valence-corrected chi connectivity index (χ2v) is 5.49. The van der Waals surface area contributed by atoms with Crippen LogP contribution in [0.25, 0.3) is 5.65 Å². The van der Waals surface area contributed by atoms with Gasteiger partial charge in [0.25, 0.3) is 11.8 Å². The molecule has 2 aromatic heterocycles. The van der Waals surface area contributed by atoms with Crippen molar-refractivity contribution < 1.29 is 9.59 Å². The number of hydrogen-bond acceptors (Lipinski definition) is 3. The third-order valence-electron chi connectivity index (χ3n) is 3.41. The van der Waals surface area contributed by atoms with Crippen LogP contribution in [0.15, 0.2) is 54.9 Å². The van der Waals surface area contributed by atoms with Crippen LogP contribution in [-0.2, 0) is 0 Å². The zero-order chi connectivity index (χ0) is 16.9. The minimum atomic E-state index is -0.286. The van der Waals surface area contributed by atoms with Crippen LogP contribution < -0.4 is 10.6 Å². The Balaban J connectivity index is 1.50. The summed E-state index contributed by atoms with van der Waals surface area (Å²) in [5.74, 6) is -0.562. The van der Waals surface area contributed by atoms with Crippen molar-refractivity contribution in [2.45, 2.75) is 0 Å². The van der Waals surface area contributed by atoms with Crippen molar-refractivity contribution in [2.75, 3.05) is 13.1 Å². The number of carbonyl (C=O) groups is 2. The van der Waals surface area contributed by atoms with Crippen molar-refractivity contribution in [3.8, 4) is 0 Å². The molecule has 3 aromatic rings. The minimum absolute atomic E-state index is 0.275. The van der Waals surface area contributed by atoms with E-state index in [4.69, 9.17) is 11.6 Å². The maximum absolute atomic E-state index is 12.1. The van der Waals surface area contributed by atoms with Crippen LogP contribution in [0.4, 0.5) is 0 Å². The molecule has 0 bridgehead atoms. The highest BCUT2D eigenvalue weighted by Gasteiger charge is 2.11. The molecule has 0 aliphatic rings. The van der Waals surface area contributed by atoms with Crippen LogP contribution in [0.5, 0.6) is 0 Å². The number of halogens is 1. The van der Waals surface area contributed by atoms with Gasteiger partial charge in [0, 0.05) is 25.5 Å². The third kappa shape index (κ3) is 3.55. The lowest BCUT2D eigenvalue weighted by Crippen LogP contribution is -2.34. The molecular weight excluding hydrogens is 328 g/mol. The van der Waals surface area contributed by atoms with Gasteiger partial charge < -0.3 is 15.0 Å². The van der Waals surface area contributed by atoms with Gasteiger partial charge in [-0.1, -0.05) is 29.8 Å². The van der Waals surface area contributed by atoms with Gasteiger partial charge in [0.1, 0.15) is 11.3 Å². The first kappa shape index (κ1) is 16.0. The van der Waals surface area contributed by atoms with Crippen molar-refractivity contribution in [1.82, 2.24) is 20.0 Å². The molecule has 2 heterocycles. The van der Waals surface area contributed by atoms with Gasteiger partial charge in [-0.2, -0.15) is 0 Å². The summed E-state index contributed by atoms with van der Waals surface area (Å²) >= 11 is 5.96. The Morgan fingerprint density at radius 3 is 2.46 bits per heavy atom. The lowest BCUT2D eigenvalue weighted by Gasteiger charge is -2.07. The molecule has 0 atom stereocenters. The Hall–Kier alpha value is -2.86. The van der Waals surface area contributed by atoms with E-state index in [1.165, 1.54) is 0 Å². The first-order valence-electron chi connectivity index (χ1n) is 7.40. The molecule has 0 saturated carbocycles. The molecule has 0 saturated heterocycles. The van der Waals surface area contributed by atoms with Gasteiger partial charge in [-0.25, -0.2) is 4.98 Å². The van der Waals surface area contributed by atoms with Crippen molar-refractivity contribution in [1.29, 1.82) is 0 Å². The highest BCUT2D eigenvalue weighted by Crippen LogP contribution is 2.14. The normalized spacial score (nSPS) is 10.5. The van der Waals surface area contributed by atoms with Crippen molar-refractivity contribution in [3.63, 3.8) is 0 Å². The summed E-state index contributed by atoms with van der Waals surface area (Å²) < 4.78 is 1.77. The van der Waals surface area contributed by atoms with Gasteiger partial charge in [-0.05, 0) is 24.3 Å². The molecule has 3 rings (SSSR count). The first-order chi connectivity index (χ1) is 11.6. The molecule has 1 aromatic carbocycles. The van der Waals surface area contributed by atoms with E-state index in [9.17, 15) is 9.59 Å². The molecule has 0 unspecified atom stereocenters. The molecule has 0 radical (unpaired) electrons. The molecule has 24 heavy (non-hydrogen) atoms. The molecule has 6 nitrogen and oxygen atoms in total. The first-order valence-corrected chi connectivity index (χ1v) is 7.77. The smallest absolute Gasteiger partial charge is 0.271 e. The van der Waals surface area contributed by atoms with E-state index in [0.717, 1.165) is 0 Å². The molecule has 0 aliphatic carbocycles. The highest BCUT2D eigenvalue weighted by atomic mass is 35.5. The summed E-state index contributed by atoms with van der Waals surface area (Å²) in [6.07, 6.45) is 3.48. The maximum atomic E-state index is 12.1. The zero-order valence-electron chi connectivity index (χ0n) is 12.7. The maximum Gasteiger partial charge on any atom is 0.271 e. The van der Waals surface area contributed by atoms with Crippen LogP contribution >= 0.6 is 11.6 Å². The monoisotopic (exact) mass is 342 g/mol. The van der Waals surface area contributed by atoms with E-state index in [1.54, 1.807) is 34.9 Å². The number of nitrogens with zero attached hydrogens (tertiary/aromatic N) is 2. The number of fused-ring (bicyclic) bond motifs is 1. The average molecular weight is 343 g/mol. The minimum Gasteiger partial charge on any atom is -0.350 e. The van der Waals surface area contributed by atoms with E-state index in [0.29, 0.717) is 35.0 Å². The van der Waals surface area contributed by atoms with Crippen LogP contribution in [0.2, 0.25) is 5.02 Å². The number of nitrogens with one attached hydrogen (secondary N) is 2. The van der Waals surface area contributed by atoms with Gasteiger partial charge in [-0.15, -0.1) is 0 Å². The molecule has 122 valence electrons. The Labute approximate surface area is 143 Å². The summed E-state index contributed by atoms with van der Waals surface area (Å²) in [7, 11) is 0. The summed E-state index contributed by atoms with van der Waals surface area (Å²) in [4.78, 5) is 28.3. The van der Waals surface area contributed by atoms with Gasteiger partial charge in [0.2, 0.25) is 0 Å². The van der Waals surface area contributed by atoms with E-state index in [2.05, 4.69) is 15.6 Å². The fourth-order valence-electron chi connectivity index (χ4n) is 2.23. The van der Waals surface area contributed by atoms with Crippen molar-refractivity contribution >= 4 is 29.1 Å². The van der Waals surface area contributed by atoms with Crippen molar-refractivity contribution in [3.05, 3.63) is 71.1 Å². The number of hydrogen-bond donors (Lipinski definition) is 2. The quantitative estimate of drug-likeness (QED) is 0.698. The van der Waals surface area contributed by atoms with Gasteiger partial charge in [0.05, 0.1) is 10.6 Å². The molecule has 0 fully saturated rings. The lowest BCUT2D eigenvalue weighted by atomic mass is 10.2. The SMILES string of the molecule is O=C(NCCNC(=O)c1ccccc1Cl)c1cn2ccccc2n1. The summed E-state index contributed by atoms with van der Waals surface area (Å²) in [5, 5.41) is 5.82. The number of carbonyl (C=O) groups excluding carboxylic acids is 2. The van der Waals surface area contributed by atoms with E-state index >= 15 is 0 Å². The van der Waals surface area contributed by atoms with Gasteiger partial charge in [-0.3, -0.25) is 9.59 Å². The Morgan fingerprint density at radius 2 is 1.71 bits per heavy atom. The summed E-state index contributed by atoms with van der Waals surface area (Å²) in [5.41, 5.74) is 1.44. The second kappa shape index (κ2) is 7.14. The lowest BCUT2D eigenvalue weighted by molar-refractivity contribution is 0.0925. The number of pyridine rings is 1. The molecule has 7 heteroatoms. The molecule has 2 N–H and O–H groups in total. The fourth-order valence-corrected chi connectivity index (χ4v) is 2.45. The number of amides is 2. The van der Waals surface area contributed by atoms with Crippen LogP contribution in [0, 0.1) is 0 Å². The summed E-state index contributed by atoms with van der Waals surface area (Å²) in [6.45, 7) is 0.589. The Bertz CT molecular complexity index is 858. The number of aromatic nitrogens is 2. The van der Waals surface area contributed by atoms with Crippen LogP contribution in [-0.4, -0.2) is 34.3 Å². The molecular formula is C17H15ClN4O2. The van der Waals surface area contributed by atoms with Crippen LogP contribution in [0.1, 0.15) is 20.8 Å². The predicted molar refractivity (Wildman–Crippen MR) is 91.3 cm³/mol. The predicted octanol–water partition coefficient (Wildman–Crippen LogP) is 2.15.